The number of anilines is 1. The lowest BCUT2D eigenvalue weighted by Gasteiger charge is -2.54. The van der Waals surface area contributed by atoms with Crippen LogP contribution in [0.4, 0.5) is 5.69 Å². The van der Waals surface area contributed by atoms with Gasteiger partial charge in [0, 0.05) is 11.1 Å². The maximum absolute atomic E-state index is 11.9. The standard InChI is InChI=1S/C16H20N2O/c1-15-8-4-5-9-16(15)17-10-12(19)11-18(16)14-7-3-2-6-13(14)15/h2-3,6-7,17H,4-5,8-11H2,1H3/t15-,16+/m1/s1. The van der Waals surface area contributed by atoms with Gasteiger partial charge in [-0.2, -0.15) is 0 Å². The predicted octanol–water partition coefficient (Wildman–Crippen LogP) is 2.21. The lowest BCUT2D eigenvalue weighted by molar-refractivity contribution is -0.119. The highest BCUT2D eigenvalue weighted by Gasteiger charge is 2.61. The maximum Gasteiger partial charge on any atom is 0.165 e. The molecule has 3 nitrogen and oxygen atoms in total. The van der Waals surface area contributed by atoms with Crippen molar-refractivity contribution in [3.8, 4) is 0 Å². The zero-order chi connectivity index (χ0) is 13.1. The summed E-state index contributed by atoms with van der Waals surface area (Å²) in [6.45, 7) is 3.48. The van der Waals surface area contributed by atoms with Crippen LogP contribution in [0.1, 0.15) is 38.2 Å². The summed E-state index contributed by atoms with van der Waals surface area (Å²) in [6.07, 6.45) is 4.89. The van der Waals surface area contributed by atoms with E-state index >= 15 is 0 Å². The fourth-order valence-electron chi connectivity index (χ4n) is 4.59. The molecule has 2 aliphatic heterocycles. The Labute approximate surface area is 114 Å². The smallest absolute Gasteiger partial charge is 0.165 e. The summed E-state index contributed by atoms with van der Waals surface area (Å²) >= 11 is 0. The van der Waals surface area contributed by atoms with Crippen LogP contribution in [-0.2, 0) is 10.2 Å². The van der Waals surface area contributed by atoms with Gasteiger partial charge in [-0.25, -0.2) is 0 Å². The van der Waals surface area contributed by atoms with E-state index in [0.717, 1.165) is 6.42 Å². The van der Waals surface area contributed by atoms with E-state index in [4.69, 9.17) is 0 Å². The van der Waals surface area contributed by atoms with Crippen molar-refractivity contribution in [1.82, 2.24) is 5.32 Å². The Hall–Kier alpha value is -1.35. The third-order valence-electron chi connectivity index (χ3n) is 5.54. The summed E-state index contributed by atoms with van der Waals surface area (Å²) in [5.74, 6) is 0.301. The maximum atomic E-state index is 11.9. The molecule has 4 rings (SSSR count). The molecular formula is C16H20N2O. The molecule has 1 saturated carbocycles. The van der Waals surface area contributed by atoms with Crippen molar-refractivity contribution in [3.63, 3.8) is 0 Å². The molecular weight excluding hydrogens is 236 g/mol. The Morgan fingerprint density at radius 1 is 1.21 bits per heavy atom. The van der Waals surface area contributed by atoms with Gasteiger partial charge in [-0.3, -0.25) is 10.1 Å². The van der Waals surface area contributed by atoms with Crippen LogP contribution in [0.25, 0.3) is 0 Å². The van der Waals surface area contributed by atoms with E-state index < -0.39 is 0 Å². The number of carbonyl (C=O) groups excluding carboxylic acids is 1. The van der Waals surface area contributed by atoms with Crippen LogP contribution in [0.2, 0.25) is 0 Å². The lowest BCUT2D eigenvalue weighted by atomic mass is 9.64. The molecule has 0 amide bonds. The second-order valence-electron chi connectivity index (χ2n) is 6.40. The van der Waals surface area contributed by atoms with E-state index in [2.05, 4.69) is 41.4 Å². The zero-order valence-electron chi connectivity index (χ0n) is 11.4. The normalized spacial score (nSPS) is 36.7. The second-order valence-corrected chi connectivity index (χ2v) is 6.40. The molecule has 2 heterocycles. The molecule has 0 radical (unpaired) electrons. The Morgan fingerprint density at radius 3 is 2.89 bits per heavy atom. The average molecular weight is 256 g/mol. The fourth-order valence-corrected chi connectivity index (χ4v) is 4.59. The van der Waals surface area contributed by atoms with Gasteiger partial charge in [0.1, 0.15) is 5.66 Å². The molecule has 1 N–H and O–H groups in total. The van der Waals surface area contributed by atoms with E-state index in [-0.39, 0.29) is 11.1 Å². The second kappa shape index (κ2) is 3.60. The number of nitrogens with zero attached hydrogens (tertiary/aromatic N) is 1. The molecule has 19 heavy (non-hydrogen) atoms. The summed E-state index contributed by atoms with van der Waals surface area (Å²) in [4.78, 5) is 14.2. The lowest BCUT2D eigenvalue weighted by Crippen LogP contribution is -2.72. The van der Waals surface area contributed by atoms with Gasteiger partial charge in [0.25, 0.3) is 0 Å². The minimum atomic E-state index is -0.0250. The Morgan fingerprint density at radius 2 is 2.00 bits per heavy atom. The third-order valence-corrected chi connectivity index (χ3v) is 5.54. The number of hydrogen-bond acceptors (Lipinski definition) is 3. The third kappa shape index (κ3) is 1.24. The molecule has 2 fully saturated rings. The van der Waals surface area contributed by atoms with Crippen LogP contribution in [0.5, 0.6) is 0 Å². The zero-order valence-corrected chi connectivity index (χ0v) is 11.4. The van der Waals surface area contributed by atoms with E-state index in [9.17, 15) is 4.79 Å². The molecule has 1 aliphatic carbocycles. The molecule has 3 aliphatic rings. The highest BCUT2D eigenvalue weighted by atomic mass is 16.1. The number of ketones is 1. The molecule has 100 valence electrons. The summed E-state index contributed by atoms with van der Waals surface area (Å²) < 4.78 is 0. The van der Waals surface area contributed by atoms with Gasteiger partial charge in [-0.1, -0.05) is 31.5 Å². The summed E-state index contributed by atoms with van der Waals surface area (Å²) in [6, 6.07) is 8.66. The largest absolute Gasteiger partial charge is 0.345 e. The first kappa shape index (κ1) is 11.5. The van der Waals surface area contributed by atoms with Gasteiger partial charge >= 0.3 is 0 Å². The monoisotopic (exact) mass is 256 g/mol. The van der Waals surface area contributed by atoms with Crippen LogP contribution in [0.15, 0.2) is 24.3 Å². The van der Waals surface area contributed by atoms with Gasteiger partial charge in [0.2, 0.25) is 0 Å². The molecule has 1 aromatic carbocycles. The van der Waals surface area contributed by atoms with Crippen molar-refractivity contribution in [3.05, 3.63) is 29.8 Å². The van der Waals surface area contributed by atoms with Gasteiger partial charge < -0.3 is 4.90 Å². The van der Waals surface area contributed by atoms with E-state index in [0.29, 0.717) is 18.9 Å². The minimum Gasteiger partial charge on any atom is -0.345 e. The van der Waals surface area contributed by atoms with Crippen molar-refractivity contribution in [2.24, 2.45) is 0 Å². The number of hydrogen-bond donors (Lipinski definition) is 1. The number of fused-ring (bicyclic) bond motifs is 3. The summed E-state index contributed by atoms with van der Waals surface area (Å²) in [7, 11) is 0. The van der Waals surface area contributed by atoms with E-state index in [1.54, 1.807) is 0 Å². The summed E-state index contributed by atoms with van der Waals surface area (Å²) in [5.41, 5.74) is 2.81. The highest BCUT2D eigenvalue weighted by Crippen LogP contribution is 2.57. The van der Waals surface area contributed by atoms with Crippen molar-refractivity contribution in [1.29, 1.82) is 0 Å². The van der Waals surface area contributed by atoms with Crippen molar-refractivity contribution >= 4 is 11.5 Å². The van der Waals surface area contributed by atoms with E-state index in [1.807, 2.05) is 0 Å². The van der Waals surface area contributed by atoms with Crippen molar-refractivity contribution in [2.75, 3.05) is 18.0 Å². The number of benzene rings is 1. The van der Waals surface area contributed by atoms with Crippen LogP contribution >= 0.6 is 0 Å². The van der Waals surface area contributed by atoms with Gasteiger partial charge in [0.15, 0.2) is 5.78 Å². The van der Waals surface area contributed by atoms with Crippen LogP contribution in [0.3, 0.4) is 0 Å². The highest BCUT2D eigenvalue weighted by molar-refractivity contribution is 5.89. The Kier molecular flexibility index (Phi) is 2.17. The average Bonchev–Trinajstić information content (AvgIpc) is 2.66. The number of rotatable bonds is 0. The van der Waals surface area contributed by atoms with Crippen molar-refractivity contribution < 1.29 is 4.79 Å². The molecule has 1 spiro atoms. The molecule has 0 unspecified atom stereocenters. The molecule has 1 saturated heterocycles. The number of Topliss-reactive ketones (excluding diaryl/α,β-unsaturated/α-hetero) is 1. The Balaban J connectivity index is 1.95. The first-order valence-corrected chi connectivity index (χ1v) is 7.31. The minimum absolute atomic E-state index is 0.0250. The molecule has 0 bridgehead atoms. The van der Waals surface area contributed by atoms with E-state index in [1.165, 1.54) is 30.5 Å². The number of nitrogens with one attached hydrogen (secondary N) is 1. The number of para-hydroxylation sites is 1. The van der Waals surface area contributed by atoms with Crippen molar-refractivity contribution in [2.45, 2.75) is 43.7 Å². The molecule has 2 atom stereocenters. The van der Waals surface area contributed by atoms with Gasteiger partial charge in [-0.15, -0.1) is 0 Å². The predicted molar refractivity (Wildman–Crippen MR) is 75.3 cm³/mol. The molecule has 3 heteroatoms. The first-order valence-electron chi connectivity index (χ1n) is 7.31. The quantitative estimate of drug-likeness (QED) is 0.772. The topological polar surface area (TPSA) is 32.3 Å². The summed E-state index contributed by atoms with van der Waals surface area (Å²) in [5, 5.41) is 3.61. The number of carbonyl (C=O) groups is 1. The van der Waals surface area contributed by atoms with Gasteiger partial charge in [0.05, 0.1) is 13.1 Å². The van der Waals surface area contributed by atoms with Crippen LogP contribution in [0, 0.1) is 0 Å². The first-order chi connectivity index (χ1) is 9.17. The SMILES string of the molecule is C[C@]12CCCC[C@@]13NCC(=O)CN3c1ccccc12. The Bertz CT molecular complexity index is 555. The molecule has 0 aromatic heterocycles. The van der Waals surface area contributed by atoms with Crippen LogP contribution < -0.4 is 10.2 Å². The van der Waals surface area contributed by atoms with Crippen LogP contribution in [-0.4, -0.2) is 24.5 Å². The molecule has 1 aromatic rings. The fraction of sp³-hybridized carbons (Fsp3) is 0.562. The van der Waals surface area contributed by atoms with Gasteiger partial charge in [-0.05, 0) is 30.9 Å².